The van der Waals surface area contributed by atoms with Crippen molar-refractivity contribution in [3.05, 3.63) is 27.7 Å². The maximum atomic E-state index is 12.4. The highest BCUT2D eigenvalue weighted by atomic mass is 32.2. The van der Waals surface area contributed by atoms with Gasteiger partial charge < -0.3 is 4.90 Å². The lowest BCUT2D eigenvalue weighted by Crippen LogP contribution is -2.38. The summed E-state index contributed by atoms with van der Waals surface area (Å²) in [6.07, 6.45) is 3.03. The monoisotopic (exact) mass is 351 g/mol. The van der Waals surface area contributed by atoms with Gasteiger partial charge in [0.05, 0.1) is 11.8 Å². The third kappa shape index (κ3) is 3.20. The number of amides is 1. The Kier molecular flexibility index (Phi) is 3.98. The van der Waals surface area contributed by atoms with E-state index in [9.17, 15) is 9.00 Å². The van der Waals surface area contributed by atoms with Crippen LogP contribution >= 0.6 is 11.3 Å². The third-order valence-corrected chi connectivity index (χ3v) is 6.36. The van der Waals surface area contributed by atoms with Gasteiger partial charge in [0.25, 0.3) is 0 Å². The molecule has 2 aliphatic rings. The predicted molar refractivity (Wildman–Crippen MR) is 86.2 cm³/mol. The zero-order valence-corrected chi connectivity index (χ0v) is 14.2. The second-order valence-electron chi connectivity index (χ2n) is 5.93. The molecule has 1 fully saturated rings. The molecule has 4 rings (SSSR count). The highest BCUT2D eigenvalue weighted by molar-refractivity contribution is 7.84. The number of rotatable bonds is 5. The van der Waals surface area contributed by atoms with Gasteiger partial charge >= 0.3 is 0 Å². The second-order valence-corrected chi connectivity index (χ2v) is 8.39. The van der Waals surface area contributed by atoms with Crippen LogP contribution in [-0.2, 0) is 34.3 Å². The number of carbonyl (C=O) groups is 1. The Labute approximate surface area is 140 Å². The van der Waals surface area contributed by atoms with Crippen LogP contribution in [0.3, 0.4) is 0 Å². The number of aromatic nitrogens is 4. The van der Waals surface area contributed by atoms with Crippen molar-refractivity contribution < 1.29 is 9.00 Å². The van der Waals surface area contributed by atoms with Crippen LogP contribution < -0.4 is 0 Å². The highest BCUT2D eigenvalue weighted by Crippen LogP contribution is 2.34. The average Bonchev–Trinajstić information content (AvgIpc) is 3.09. The van der Waals surface area contributed by atoms with Crippen molar-refractivity contribution in [3.63, 3.8) is 0 Å². The molecule has 3 heterocycles. The minimum Gasteiger partial charge on any atom is -0.337 e. The van der Waals surface area contributed by atoms with Crippen LogP contribution in [0.5, 0.6) is 0 Å². The van der Waals surface area contributed by atoms with Gasteiger partial charge in [-0.1, -0.05) is 0 Å². The lowest BCUT2D eigenvalue weighted by molar-refractivity contribution is -0.129. The van der Waals surface area contributed by atoms with Gasteiger partial charge in [-0.3, -0.25) is 9.00 Å². The molecule has 1 saturated carbocycles. The third-order valence-electron chi connectivity index (χ3n) is 4.19. The van der Waals surface area contributed by atoms with E-state index in [1.54, 1.807) is 20.9 Å². The fourth-order valence-corrected chi connectivity index (χ4v) is 4.72. The molecule has 2 aromatic rings. The Morgan fingerprint density at radius 3 is 3.13 bits per heavy atom. The van der Waals surface area contributed by atoms with Crippen molar-refractivity contribution in [2.24, 2.45) is 0 Å². The number of nitrogens with zero attached hydrogens (tertiary/aromatic N) is 5. The molecular formula is C14H17N5O2S2. The number of hydrogen-bond donors (Lipinski definition) is 0. The highest BCUT2D eigenvalue weighted by Gasteiger charge is 2.29. The summed E-state index contributed by atoms with van der Waals surface area (Å²) in [5.41, 5.74) is 1.22. The summed E-state index contributed by atoms with van der Waals surface area (Å²) in [5, 5.41) is 13.6. The summed E-state index contributed by atoms with van der Waals surface area (Å²) in [4.78, 5) is 15.5. The first-order valence-electron chi connectivity index (χ1n) is 7.65. The molecule has 2 aromatic heterocycles. The number of carbonyl (C=O) groups excluding carboxylic acids is 1. The van der Waals surface area contributed by atoms with E-state index in [4.69, 9.17) is 0 Å². The number of hydrogen-bond acceptors (Lipinski definition) is 6. The first-order valence-corrected chi connectivity index (χ1v) is 10.0. The molecule has 0 bridgehead atoms. The predicted octanol–water partition coefficient (Wildman–Crippen LogP) is 0.903. The van der Waals surface area contributed by atoms with Crippen LogP contribution in [0, 0.1) is 0 Å². The molecule has 1 aliphatic heterocycles. The van der Waals surface area contributed by atoms with Crippen molar-refractivity contribution in [1.82, 2.24) is 25.1 Å². The number of tetrazole rings is 1. The molecule has 9 heteroatoms. The van der Waals surface area contributed by atoms with Crippen LogP contribution in [0.2, 0.25) is 0 Å². The first-order chi connectivity index (χ1) is 11.2. The van der Waals surface area contributed by atoms with Gasteiger partial charge in [-0.25, -0.2) is 4.68 Å². The normalized spacial score (nSPS) is 18.7. The summed E-state index contributed by atoms with van der Waals surface area (Å²) in [5.74, 6) is 0.854. The maximum Gasteiger partial charge on any atom is 0.235 e. The number of fused-ring (bicyclic) bond motifs is 1. The molecule has 0 N–H and O–H groups in total. The SMILES string of the molecule is O=C(CS(=O)Cc1nnnn1C1CC1)N1CCc2sccc2C1. The van der Waals surface area contributed by atoms with E-state index < -0.39 is 10.8 Å². The Morgan fingerprint density at radius 2 is 2.30 bits per heavy atom. The molecule has 1 amide bonds. The molecule has 23 heavy (non-hydrogen) atoms. The summed E-state index contributed by atoms with van der Waals surface area (Å²) in [6.45, 7) is 1.35. The van der Waals surface area contributed by atoms with E-state index in [1.165, 1.54) is 10.4 Å². The Balaban J connectivity index is 1.35. The van der Waals surface area contributed by atoms with Gasteiger partial charge in [-0.15, -0.1) is 16.4 Å². The molecule has 0 radical (unpaired) electrons. The zero-order chi connectivity index (χ0) is 15.8. The molecule has 7 nitrogen and oxygen atoms in total. The number of thiophene rings is 1. The Hall–Kier alpha value is -1.61. The summed E-state index contributed by atoms with van der Waals surface area (Å²) in [7, 11) is -1.28. The van der Waals surface area contributed by atoms with E-state index in [1.807, 2.05) is 0 Å². The van der Waals surface area contributed by atoms with Crippen LogP contribution in [0.1, 0.15) is 35.1 Å². The molecule has 1 unspecified atom stereocenters. The fraction of sp³-hybridized carbons (Fsp3) is 0.571. The van der Waals surface area contributed by atoms with Crippen LogP contribution in [0.15, 0.2) is 11.4 Å². The molecular weight excluding hydrogens is 334 g/mol. The topological polar surface area (TPSA) is 81.0 Å². The van der Waals surface area contributed by atoms with Gasteiger partial charge in [0, 0.05) is 28.8 Å². The average molecular weight is 351 g/mol. The minimum atomic E-state index is -1.28. The molecule has 0 spiro atoms. The smallest absolute Gasteiger partial charge is 0.235 e. The van der Waals surface area contributed by atoms with Crippen molar-refractivity contribution in [2.75, 3.05) is 12.3 Å². The first kappa shape index (κ1) is 14.9. The Morgan fingerprint density at radius 1 is 1.43 bits per heavy atom. The fourth-order valence-electron chi connectivity index (χ4n) is 2.80. The zero-order valence-electron chi connectivity index (χ0n) is 12.6. The summed E-state index contributed by atoms with van der Waals surface area (Å²) >= 11 is 1.74. The van der Waals surface area contributed by atoms with Gasteiger partial charge in [0.2, 0.25) is 5.91 Å². The minimum absolute atomic E-state index is 0.0387. The van der Waals surface area contributed by atoms with Crippen LogP contribution in [0.4, 0.5) is 0 Å². The van der Waals surface area contributed by atoms with Gasteiger partial charge in [0.1, 0.15) is 5.75 Å². The van der Waals surface area contributed by atoms with E-state index in [0.717, 1.165) is 19.3 Å². The molecule has 1 aliphatic carbocycles. The quantitative estimate of drug-likeness (QED) is 0.800. The Bertz CT molecular complexity index is 752. The molecule has 122 valence electrons. The molecule has 0 aromatic carbocycles. The van der Waals surface area contributed by atoms with Crippen LogP contribution in [-0.4, -0.2) is 47.5 Å². The maximum absolute atomic E-state index is 12.4. The second kappa shape index (κ2) is 6.12. The largest absolute Gasteiger partial charge is 0.337 e. The van der Waals surface area contributed by atoms with Gasteiger partial charge in [-0.2, -0.15) is 0 Å². The van der Waals surface area contributed by atoms with E-state index in [-0.39, 0.29) is 17.4 Å². The van der Waals surface area contributed by atoms with Crippen LogP contribution in [0.25, 0.3) is 0 Å². The van der Waals surface area contributed by atoms with Crippen molar-refractivity contribution in [3.8, 4) is 0 Å². The van der Waals surface area contributed by atoms with Crippen molar-refractivity contribution >= 4 is 28.0 Å². The molecule has 1 atom stereocenters. The van der Waals surface area contributed by atoms with Gasteiger partial charge in [0.15, 0.2) is 5.82 Å². The standard InChI is InChI=1S/C14H17N5O2S2/c20-14(18-5-3-12-10(7-18)4-6-22-12)9-23(21)8-13-15-16-17-19(13)11-1-2-11/h4,6,11H,1-3,5,7-9H2. The van der Waals surface area contributed by atoms with E-state index in [2.05, 4.69) is 27.0 Å². The van der Waals surface area contributed by atoms with E-state index in [0.29, 0.717) is 25.0 Å². The molecule has 0 saturated heterocycles. The van der Waals surface area contributed by atoms with E-state index >= 15 is 0 Å². The van der Waals surface area contributed by atoms with Crippen molar-refractivity contribution in [1.29, 1.82) is 0 Å². The lowest BCUT2D eigenvalue weighted by Gasteiger charge is -2.26. The van der Waals surface area contributed by atoms with Crippen molar-refractivity contribution in [2.45, 2.75) is 37.6 Å². The summed E-state index contributed by atoms with van der Waals surface area (Å²) in [6, 6.07) is 2.42. The lowest BCUT2D eigenvalue weighted by atomic mass is 10.1. The summed E-state index contributed by atoms with van der Waals surface area (Å²) < 4.78 is 14.1. The van der Waals surface area contributed by atoms with Gasteiger partial charge in [-0.05, 0) is 46.7 Å².